The van der Waals surface area contributed by atoms with Crippen LogP contribution in [0.5, 0.6) is 0 Å². The summed E-state index contributed by atoms with van der Waals surface area (Å²) in [6.07, 6.45) is -12.0. The molecule has 3 fully saturated rings. The SMILES string of the molecule is Nc1ncnc2c1nnn2[C@@H]1O[C@@H]2CO[PH](O)(S)O[C@@H]3[C@@H](F)[C@@H](CO[PH](O)(S)O[C@H]2[C@@H]1F)O[C@@H]3c1nc2[nH]nnc2c(=O)[nH]1. The van der Waals surface area contributed by atoms with Crippen molar-refractivity contribution in [1.82, 2.24) is 50.3 Å². The van der Waals surface area contributed by atoms with Crippen molar-refractivity contribution < 1.29 is 46.1 Å². The fourth-order valence-corrected chi connectivity index (χ4v) is 8.35. The van der Waals surface area contributed by atoms with Crippen LogP contribution in [0.4, 0.5) is 14.6 Å². The molecule has 7 heterocycles. The molecular formula is C18H23F2N11O9P2S2. The summed E-state index contributed by atoms with van der Waals surface area (Å²) in [6, 6.07) is 0. The summed E-state index contributed by atoms with van der Waals surface area (Å²) in [6.45, 7) is -1.30. The Morgan fingerprint density at radius 2 is 1.73 bits per heavy atom. The van der Waals surface area contributed by atoms with E-state index in [1.54, 1.807) is 0 Å². The number of halogens is 2. The summed E-state index contributed by atoms with van der Waals surface area (Å²) in [7, 11) is -9.14. The van der Waals surface area contributed by atoms with Gasteiger partial charge in [0.15, 0.2) is 0 Å². The molecule has 240 valence electrons. The molecule has 2 bridgehead atoms. The van der Waals surface area contributed by atoms with Gasteiger partial charge in [-0.1, -0.05) is 0 Å². The topological polar surface area (TPSA) is 266 Å². The minimum atomic E-state index is -4.59. The van der Waals surface area contributed by atoms with Gasteiger partial charge in [-0.25, -0.2) is 0 Å². The van der Waals surface area contributed by atoms with Gasteiger partial charge >= 0.3 is 254 Å². The molecule has 0 amide bonds. The zero-order valence-electron chi connectivity index (χ0n) is 21.7. The number of hydrogen-bond donors (Lipinski definition) is 7. The molecule has 3 aliphatic rings. The Morgan fingerprint density at radius 3 is 2.50 bits per heavy atom. The van der Waals surface area contributed by atoms with Crippen LogP contribution >= 0.6 is 38.8 Å². The number of nitrogens with one attached hydrogen (secondary N) is 2. The number of aromatic amines is 2. The summed E-state index contributed by atoms with van der Waals surface area (Å²) in [5.74, 6) is -0.206. The number of nitrogen functional groups attached to an aromatic ring is 1. The maximum absolute atomic E-state index is 16.0. The number of nitrogens with zero attached hydrogens (tertiary/aromatic N) is 8. The third-order valence-electron chi connectivity index (χ3n) is 7.03. The van der Waals surface area contributed by atoms with Gasteiger partial charge in [0.1, 0.15) is 0 Å². The number of anilines is 1. The molecule has 7 rings (SSSR count). The number of ether oxygens (including phenoxy) is 2. The number of alkyl halides is 2. The molecule has 26 heteroatoms. The first-order chi connectivity index (χ1) is 20.9. The van der Waals surface area contributed by atoms with Crippen LogP contribution in [0.2, 0.25) is 0 Å². The van der Waals surface area contributed by atoms with Gasteiger partial charge in [-0.15, -0.1) is 0 Å². The summed E-state index contributed by atoms with van der Waals surface area (Å²) in [5.41, 5.74) is 5.09. The van der Waals surface area contributed by atoms with Gasteiger partial charge in [0, 0.05) is 0 Å². The number of aromatic nitrogens is 10. The number of thiol groups is 2. The van der Waals surface area contributed by atoms with E-state index in [1.807, 2.05) is 0 Å². The normalized spacial score (nSPS) is 35.4. The van der Waals surface area contributed by atoms with Crippen LogP contribution in [0, 0.1) is 0 Å². The summed E-state index contributed by atoms with van der Waals surface area (Å²) < 4.78 is 66.4. The van der Waals surface area contributed by atoms with Crippen LogP contribution in [0.3, 0.4) is 0 Å². The number of nitrogens with two attached hydrogens (primary N) is 1. The minimum absolute atomic E-state index is 0.00706. The first-order valence-electron chi connectivity index (χ1n) is 12.7. The molecule has 0 saturated carbocycles. The molecule has 0 spiro atoms. The van der Waals surface area contributed by atoms with Gasteiger partial charge in [-0.3, -0.25) is 0 Å². The van der Waals surface area contributed by atoms with Gasteiger partial charge in [0.25, 0.3) is 0 Å². The van der Waals surface area contributed by atoms with E-state index in [9.17, 15) is 14.6 Å². The molecule has 3 saturated heterocycles. The Kier molecular flexibility index (Phi) is 7.70. The number of hydrogen-bond acceptors (Lipinski definition) is 19. The van der Waals surface area contributed by atoms with Gasteiger partial charge in [-0.2, -0.15) is 0 Å². The molecule has 20 nitrogen and oxygen atoms in total. The molecule has 0 aliphatic carbocycles. The Labute approximate surface area is 253 Å². The zero-order chi connectivity index (χ0) is 31.0. The molecule has 0 aromatic carbocycles. The first kappa shape index (κ1) is 30.3. The van der Waals surface area contributed by atoms with Crippen LogP contribution in [-0.4, -0.2) is 110 Å². The molecule has 8 atom stereocenters. The predicted molar refractivity (Wildman–Crippen MR) is 152 cm³/mol. The molecule has 4 aromatic rings. The van der Waals surface area contributed by atoms with Crippen LogP contribution in [-0.2, 0) is 27.6 Å². The third-order valence-corrected chi connectivity index (χ3v) is 10.7. The van der Waals surface area contributed by atoms with Crippen molar-refractivity contribution >= 4 is 66.9 Å². The quantitative estimate of drug-likeness (QED) is 0.101. The molecular weight excluding hydrogens is 678 g/mol. The van der Waals surface area contributed by atoms with Crippen molar-refractivity contribution in [2.24, 2.45) is 0 Å². The summed E-state index contributed by atoms with van der Waals surface area (Å²) >= 11 is 8.18. The van der Waals surface area contributed by atoms with E-state index in [4.69, 9.17) is 33.3 Å². The number of fused-ring (bicyclic) bond motifs is 5. The second kappa shape index (κ2) is 11.2. The Hall–Kier alpha value is -2.34. The van der Waals surface area contributed by atoms with E-state index in [1.165, 1.54) is 0 Å². The Balaban J connectivity index is 1.19. The average Bonchev–Trinajstić information content (AvgIpc) is 3.74. The van der Waals surface area contributed by atoms with Gasteiger partial charge in [0.2, 0.25) is 0 Å². The Morgan fingerprint density at radius 1 is 1.00 bits per heavy atom. The summed E-state index contributed by atoms with van der Waals surface area (Å²) in [4.78, 5) is 48.9. The van der Waals surface area contributed by atoms with Crippen molar-refractivity contribution in [2.75, 3.05) is 18.9 Å². The first-order valence-corrected chi connectivity index (χ1v) is 18.8. The molecule has 44 heavy (non-hydrogen) atoms. The maximum atomic E-state index is 16.0. The fraction of sp³-hybridized carbons (Fsp3) is 0.556. The van der Waals surface area contributed by atoms with Crippen LogP contribution in [0.15, 0.2) is 11.1 Å². The predicted octanol–water partition coefficient (Wildman–Crippen LogP) is -0.647. The zero-order valence-corrected chi connectivity index (χ0v) is 25.5. The number of H-pyrrole nitrogens is 2. The third kappa shape index (κ3) is 5.41. The van der Waals surface area contributed by atoms with Gasteiger partial charge in [-0.05, 0) is 0 Å². The van der Waals surface area contributed by atoms with Gasteiger partial charge in [0.05, 0.1) is 0 Å². The summed E-state index contributed by atoms with van der Waals surface area (Å²) in [5, 5.41) is 17.3. The van der Waals surface area contributed by atoms with Crippen LogP contribution < -0.4 is 11.3 Å². The average molecular weight is 702 g/mol. The van der Waals surface area contributed by atoms with Crippen molar-refractivity contribution in [2.45, 2.75) is 49.1 Å². The van der Waals surface area contributed by atoms with E-state index < -0.39 is 82.2 Å². The van der Waals surface area contributed by atoms with Crippen LogP contribution in [0.1, 0.15) is 18.2 Å². The van der Waals surface area contributed by atoms with E-state index in [0.29, 0.717) is 0 Å². The van der Waals surface area contributed by atoms with Crippen molar-refractivity contribution in [3.05, 3.63) is 22.5 Å². The molecule has 0 radical (unpaired) electrons. The second-order valence-corrected chi connectivity index (χ2v) is 16.5. The number of rotatable bonds is 2. The Bertz CT molecular complexity index is 1770. The van der Waals surface area contributed by atoms with E-state index in [-0.39, 0.29) is 34.0 Å². The van der Waals surface area contributed by atoms with Crippen molar-refractivity contribution in [3.63, 3.8) is 0 Å². The van der Waals surface area contributed by atoms with E-state index >= 15 is 8.78 Å². The van der Waals surface area contributed by atoms with Crippen LogP contribution in [0.25, 0.3) is 22.3 Å². The standard InChI is InChI=1S/C18H23F2N11O9P2S2/c19-6-4-1-35-41(33,43)39-10-5(38-18(7(10)20)31-16-8(27-30-31)13(21)22-3-23-16)2-36-42(34,44)40-11(6)12(37-4)15-24-14-9(17(32)25-15)26-29-28-14/h3-7,10-12,18,33-34,41-44H,1-2H2,(H2,21,22,23)(H2,24,25,26,28,29,32)/t4-,5-,6+,7+,10-,11-,12+,18-/m1/s1. The molecule has 4 aromatic heterocycles. The van der Waals surface area contributed by atoms with Crippen molar-refractivity contribution in [3.8, 4) is 0 Å². The second-order valence-electron chi connectivity index (χ2n) is 9.86. The molecule has 6 N–H and O–H groups in total. The molecule has 3 aliphatic heterocycles. The van der Waals surface area contributed by atoms with Crippen molar-refractivity contribution in [1.29, 1.82) is 0 Å². The molecule has 0 unspecified atom stereocenters. The van der Waals surface area contributed by atoms with E-state index in [2.05, 4.69) is 70.2 Å². The van der Waals surface area contributed by atoms with E-state index in [0.717, 1.165) is 11.0 Å². The monoisotopic (exact) mass is 701 g/mol. The van der Waals surface area contributed by atoms with Gasteiger partial charge < -0.3 is 0 Å². The fourth-order valence-electron chi connectivity index (χ4n) is 5.03.